The fraction of sp³-hybridized carbons (Fsp3) is 0.500. The second kappa shape index (κ2) is 2.67. The molecule has 2 N–H and O–H groups in total. The fourth-order valence-corrected chi connectivity index (χ4v) is 1.26. The maximum absolute atomic E-state index is 5.81. The summed E-state index contributed by atoms with van der Waals surface area (Å²) >= 11 is 5.81. The van der Waals surface area contributed by atoms with Gasteiger partial charge in [0.05, 0.1) is 5.03 Å². The molecule has 0 aromatic heterocycles. The van der Waals surface area contributed by atoms with E-state index < -0.39 is 0 Å². The molecule has 0 fully saturated rings. The van der Waals surface area contributed by atoms with E-state index in [0.29, 0.717) is 5.92 Å². The van der Waals surface area contributed by atoms with Crippen LogP contribution in [0.4, 0.5) is 0 Å². The predicted molar refractivity (Wildman–Crippen MR) is 44.6 cm³/mol. The first-order chi connectivity index (χ1) is 4.63. The van der Waals surface area contributed by atoms with Gasteiger partial charge in [-0.2, -0.15) is 0 Å². The normalized spacial score (nSPS) is 26.7. The van der Waals surface area contributed by atoms with Gasteiger partial charge in [0.25, 0.3) is 0 Å². The number of nitrogens with two attached hydrogens (primary N) is 1. The van der Waals surface area contributed by atoms with Crippen LogP contribution in [0.1, 0.15) is 20.3 Å². The van der Waals surface area contributed by atoms with E-state index in [1.807, 2.05) is 13.0 Å². The molecule has 1 nitrogen and oxygen atoms in total. The van der Waals surface area contributed by atoms with Crippen molar-refractivity contribution >= 4 is 11.6 Å². The van der Waals surface area contributed by atoms with Crippen LogP contribution in [0, 0.1) is 5.92 Å². The van der Waals surface area contributed by atoms with E-state index in [4.69, 9.17) is 17.3 Å². The molecule has 1 rings (SSSR count). The van der Waals surface area contributed by atoms with Gasteiger partial charge in [-0.25, -0.2) is 0 Å². The number of hydrogen-bond acceptors (Lipinski definition) is 1. The monoisotopic (exact) mass is 157 g/mol. The van der Waals surface area contributed by atoms with E-state index in [2.05, 4.69) is 6.92 Å². The average Bonchev–Trinajstić information content (AvgIpc) is 1.93. The molecule has 1 atom stereocenters. The van der Waals surface area contributed by atoms with Gasteiger partial charge in [-0.1, -0.05) is 24.6 Å². The van der Waals surface area contributed by atoms with E-state index in [-0.39, 0.29) is 0 Å². The molecule has 1 aliphatic carbocycles. The summed E-state index contributed by atoms with van der Waals surface area (Å²) < 4.78 is 0. The Morgan fingerprint density at radius 1 is 1.70 bits per heavy atom. The minimum atomic E-state index is 0.558. The Morgan fingerprint density at radius 2 is 2.30 bits per heavy atom. The molecule has 0 amide bonds. The van der Waals surface area contributed by atoms with Gasteiger partial charge < -0.3 is 5.73 Å². The quantitative estimate of drug-likeness (QED) is 0.574. The highest BCUT2D eigenvalue weighted by molar-refractivity contribution is 6.32. The molecule has 0 aromatic rings. The zero-order valence-corrected chi connectivity index (χ0v) is 7.07. The van der Waals surface area contributed by atoms with Crippen molar-refractivity contribution in [1.82, 2.24) is 0 Å². The van der Waals surface area contributed by atoms with Crippen LogP contribution in [0.3, 0.4) is 0 Å². The van der Waals surface area contributed by atoms with Crippen LogP contribution in [0.2, 0.25) is 0 Å². The van der Waals surface area contributed by atoms with Crippen LogP contribution in [-0.2, 0) is 0 Å². The maximum Gasteiger partial charge on any atom is 0.0595 e. The van der Waals surface area contributed by atoms with Crippen LogP contribution >= 0.6 is 11.6 Å². The van der Waals surface area contributed by atoms with Crippen LogP contribution in [0.25, 0.3) is 0 Å². The molecule has 10 heavy (non-hydrogen) atoms. The van der Waals surface area contributed by atoms with Crippen molar-refractivity contribution in [1.29, 1.82) is 0 Å². The third-order valence-electron chi connectivity index (χ3n) is 2.07. The summed E-state index contributed by atoms with van der Waals surface area (Å²) in [6, 6.07) is 0. The summed E-state index contributed by atoms with van der Waals surface area (Å²) in [6.45, 7) is 4.19. The molecule has 2 heteroatoms. The molecule has 1 unspecified atom stereocenters. The highest BCUT2D eigenvalue weighted by Crippen LogP contribution is 2.28. The van der Waals surface area contributed by atoms with Crippen molar-refractivity contribution in [3.63, 3.8) is 0 Å². The van der Waals surface area contributed by atoms with Crippen LogP contribution in [-0.4, -0.2) is 0 Å². The molecule has 0 bridgehead atoms. The first-order valence-electron chi connectivity index (χ1n) is 3.45. The van der Waals surface area contributed by atoms with Crippen molar-refractivity contribution in [2.24, 2.45) is 11.7 Å². The molecular formula is C8H12ClN. The molecule has 0 saturated heterocycles. The van der Waals surface area contributed by atoms with Gasteiger partial charge >= 0.3 is 0 Å². The lowest BCUT2D eigenvalue weighted by Crippen LogP contribution is -2.11. The van der Waals surface area contributed by atoms with Crippen molar-refractivity contribution in [2.45, 2.75) is 20.3 Å². The van der Waals surface area contributed by atoms with Gasteiger partial charge in [-0.05, 0) is 24.8 Å². The number of rotatable bonds is 0. The first kappa shape index (κ1) is 7.67. The van der Waals surface area contributed by atoms with Crippen molar-refractivity contribution < 1.29 is 0 Å². The Bertz CT molecular complexity index is 203. The van der Waals surface area contributed by atoms with Gasteiger partial charge in [0.15, 0.2) is 0 Å². The highest BCUT2D eigenvalue weighted by Gasteiger charge is 2.13. The third-order valence-corrected chi connectivity index (χ3v) is 2.43. The summed E-state index contributed by atoms with van der Waals surface area (Å²) in [5.74, 6) is 0.558. The van der Waals surface area contributed by atoms with E-state index in [1.54, 1.807) is 0 Å². The summed E-state index contributed by atoms with van der Waals surface area (Å²) in [4.78, 5) is 0. The lowest BCUT2D eigenvalue weighted by atomic mass is 9.93. The predicted octanol–water partition coefficient (Wildman–Crippen LogP) is 2.38. The molecule has 56 valence electrons. The minimum Gasteiger partial charge on any atom is -0.398 e. The first-order valence-corrected chi connectivity index (χ1v) is 3.83. The lowest BCUT2D eigenvalue weighted by molar-refractivity contribution is 0.674. The van der Waals surface area contributed by atoms with Crippen molar-refractivity contribution in [3.05, 3.63) is 22.4 Å². The van der Waals surface area contributed by atoms with E-state index in [1.165, 1.54) is 5.57 Å². The van der Waals surface area contributed by atoms with Crippen molar-refractivity contribution in [3.8, 4) is 0 Å². The Labute approximate surface area is 66.6 Å². The van der Waals surface area contributed by atoms with Gasteiger partial charge in [0, 0.05) is 5.70 Å². The van der Waals surface area contributed by atoms with Crippen LogP contribution in [0.5, 0.6) is 0 Å². The third kappa shape index (κ3) is 1.19. The highest BCUT2D eigenvalue weighted by atomic mass is 35.5. The Kier molecular flexibility index (Phi) is 2.05. The zero-order valence-electron chi connectivity index (χ0n) is 6.32. The van der Waals surface area contributed by atoms with E-state index >= 15 is 0 Å². The maximum atomic E-state index is 5.81. The largest absolute Gasteiger partial charge is 0.398 e. The number of allylic oxidation sites excluding steroid dienone is 3. The zero-order chi connectivity index (χ0) is 7.72. The standard InChI is InChI=1S/C8H12ClN/c1-5-3-4-7(9)8(10)6(5)2/h4-5H,3,10H2,1-2H3. The smallest absolute Gasteiger partial charge is 0.0595 e. The van der Waals surface area contributed by atoms with Crippen LogP contribution in [0.15, 0.2) is 22.4 Å². The Balaban J connectivity index is 2.94. The molecule has 1 aliphatic rings. The lowest BCUT2D eigenvalue weighted by Gasteiger charge is -2.18. The molecule has 0 heterocycles. The minimum absolute atomic E-state index is 0.558. The molecule has 0 aromatic carbocycles. The molecule has 0 aliphatic heterocycles. The number of halogens is 1. The fourth-order valence-electron chi connectivity index (χ4n) is 1.02. The van der Waals surface area contributed by atoms with Gasteiger partial charge in [-0.15, -0.1) is 0 Å². The summed E-state index contributed by atoms with van der Waals surface area (Å²) in [7, 11) is 0. The van der Waals surface area contributed by atoms with Gasteiger partial charge in [-0.3, -0.25) is 0 Å². The SMILES string of the molecule is CC1=C(N)C(Cl)=CCC1C. The molecular weight excluding hydrogens is 146 g/mol. The van der Waals surface area contributed by atoms with Crippen molar-refractivity contribution in [2.75, 3.05) is 0 Å². The van der Waals surface area contributed by atoms with E-state index in [0.717, 1.165) is 17.2 Å². The second-order valence-electron chi connectivity index (χ2n) is 2.79. The molecule has 0 saturated carbocycles. The second-order valence-corrected chi connectivity index (χ2v) is 3.19. The topological polar surface area (TPSA) is 26.0 Å². The molecule has 0 radical (unpaired) electrons. The number of hydrogen-bond donors (Lipinski definition) is 1. The Morgan fingerprint density at radius 3 is 2.80 bits per heavy atom. The Hall–Kier alpha value is -0.430. The molecule has 0 spiro atoms. The van der Waals surface area contributed by atoms with Crippen LogP contribution < -0.4 is 5.73 Å². The van der Waals surface area contributed by atoms with Gasteiger partial charge in [0.2, 0.25) is 0 Å². The summed E-state index contributed by atoms with van der Waals surface area (Å²) in [5.41, 5.74) is 7.67. The summed E-state index contributed by atoms with van der Waals surface area (Å²) in [5, 5.41) is 0.718. The average molecular weight is 158 g/mol. The summed E-state index contributed by atoms with van der Waals surface area (Å²) in [6.07, 6.45) is 3.00. The van der Waals surface area contributed by atoms with E-state index in [9.17, 15) is 0 Å². The van der Waals surface area contributed by atoms with Gasteiger partial charge in [0.1, 0.15) is 0 Å².